The number of hydrogen-bond acceptors (Lipinski definition) is 2. The molecule has 0 saturated heterocycles. The number of aliphatic hydroxyl groups is 1. The van der Waals surface area contributed by atoms with E-state index in [9.17, 15) is 14.6 Å². The van der Waals surface area contributed by atoms with E-state index in [1.807, 2.05) is 13.0 Å². The zero-order valence-electron chi connectivity index (χ0n) is 10.1. The Balaban J connectivity index is 2.21. The Morgan fingerprint density at radius 3 is 2.67 bits per heavy atom. The van der Waals surface area contributed by atoms with Gasteiger partial charge >= 0.3 is 0 Å². The van der Waals surface area contributed by atoms with E-state index in [0.29, 0.717) is 12.0 Å². The molecule has 1 atom stereocenters. The van der Waals surface area contributed by atoms with Crippen LogP contribution in [0.25, 0.3) is 0 Å². The van der Waals surface area contributed by atoms with Crippen LogP contribution in [0, 0.1) is 12.7 Å². The summed E-state index contributed by atoms with van der Waals surface area (Å²) in [7, 11) is 0. The van der Waals surface area contributed by atoms with Gasteiger partial charge in [-0.2, -0.15) is 0 Å². The third kappa shape index (κ3) is 2.87. The fourth-order valence-electron chi connectivity index (χ4n) is 1.99. The average Bonchev–Trinajstić information content (AvgIpc) is 2.32. The molecule has 0 aliphatic rings. The van der Waals surface area contributed by atoms with Crippen LogP contribution in [0.3, 0.4) is 0 Å². The topological polar surface area (TPSA) is 40.5 Å². The van der Waals surface area contributed by atoms with Gasteiger partial charge in [-0.15, -0.1) is 0 Å². The van der Waals surface area contributed by atoms with Crippen molar-refractivity contribution < 1.29 is 14.6 Å². The lowest BCUT2D eigenvalue weighted by atomic mass is 9.97. The van der Waals surface area contributed by atoms with Crippen molar-refractivity contribution in [3.05, 3.63) is 65.0 Å². The molecule has 0 bridgehead atoms. The fraction of sp³-hybridized carbons (Fsp3) is 0.200. The predicted octanol–water partition coefficient (Wildman–Crippen LogP) is 3.12. The van der Waals surface area contributed by atoms with E-state index < -0.39 is 6.10 Å². The number of benzene rings is 2. The van der Waals surface area contributed by atoms with Gasteiger partial charge in [0, 0.05) is 6.42 Å². The Hall–Kier alpha value is -1.87. The van der Waals surface area contributed by atoms with E-state index in [0.717, 1.165) is 11.1 Å². The minimum absolute atomic E-state index is 0.163. The number of phenols is 1. The summed E-state index contributed by atoms with van der Waals surface area (Å²) in [6.45, 7) is 1.83. The summed E-state index contributed by atoms with van der Waals surface area (Å²) in [5.74, 6) is -0.193. The van der Waals surface area contributed by atoms with Crippen LogP contribution in [0.2, 0.25) is 0 Å². The molecule has 0 fully saturated rings. The fourth-order valence-corrected chi connectivity index (χ4v) is 1.99. The number of hydrogen-bond donors (Lipinski definition) is 2. The van der Waals surface area contributed by atoms with E-state index >= 15 is 0 Å². The quantitative estimate of drug-likeness (QED) is 0.873. The molecule has 2 rings (SSSR count). The third-order valence-electron chi connectivity index (χ3n) is 2.94. The summed E-state index contributed by atoms with van der Waals surface area (Å²) in [6, 6.07) is 11.1. The van der Waals surface area contributed by atoms with Gasteiger partial charge in [0.05, 0.1) is 6.10 Å². The monoisotopic (exact) mass is 246 g/mol. The van der Waals surface area contributed by atoms with Gasteiger partial charge in [-0.25, -0.2) is 4.39 Å². The summed E-state index contributed by atoms with van der Waals surface area (Å²) < 4.78 is 13.2. The zero-order chi connectivity index (χ0) is 13.1. The zero-order valence-corrected chi connectivity index (χ0v) is 10.1. The van der Waals surface area contributed by atoms with Gasteiger partial charge in [-0.05, 0) is 47.9 Å². The van der Waals surface area contributed by atoms with Gasteiger partial charge in [-0.1, -0.05) is 18.2 Å². The molecule has 0 saturated carbocycles. The molecule has 1 unspecified atom stereocenters. The van der Waals surface area contributed by atoms with Crippen LogP contribution in [-0.4, -0.2) is 10.2 Å². The predicted molar refractivity (Wildman–Crippen MR) is 67.9 cm³/mol. The molecule has 94 valence electrons. The number of aryl methyl sites for hydroxylation is 1. The molecule has 0 aliphatic carbocycles. The minimum atomic E-state index is -0.775. The maximum Gasteiger partial charge on any atom is 0.123 e. The summed E-state index contributed by atoms with van der Waals surface area (Å²) in [6.07, 6.45) is -0.430. The van der Waals surface area contributed by atoms with Gasteiger partial charge in [-0.3, -0.25) is 0 Å². The van der Waals surface area contributed by atoms with Crippen molar-refractivity contribution in [2.24, 2.45) is 0 Å². The maximum absolute atomic E-state index is 13.2. The first-order valence-corrected chi connectivity index (χ1v) is 5.78. The van der Waals surface area contributed by atoms with Crippen LogP contribution < -0.4 is 0 Å². The molecule has 0 spiro atoms. The molecular formula is C15H15FO2. The Morgan fingerprint density at radius 1 is 1.17 bits per heavy atom. The Kier molecular flexibility index (Phi) is 3.63. The molecular weight excluding hydrogens is 231 g/mol. The number of aromatic hydroxyl groups is 1. The smallest absolute Gasteiger partial charge is 0.123 e. The lowest BCUT2D eigenvalue weighted by Gasteiger charge is -2.14. The Labute approximate surface area is 105 Å². The number of rotatable bonds is 3. The van der Waals surface area contributed by atoms with Crippen molar-refractivity contribution in [3.63, 3.8) is 0 Å². The standard InChI is InChI=1S/C15H15FO2/c1-10-5-6-12(16)9-14(10)15(18)8-11-3-2-4-13(17)7-11/h2-7,9,15,17-18H,8H2,1H3. The van der Waals surface area contributed by atoms with Crippen molar-refractivity contribution in [2.45, 2.75) is 19.4 Å². The molecule has 18 heavy (non-hydrogen) atoms. The number of aliphatic hydroxyl groups excluding tert-OH is 1. The van der Waals surface area contributed by atoms with Crippen LogP contribution in [0.4, 0.5) is 4.39 Å². The van der Waals surface area contributed by atoms with Crippen molar-refractivity contribution in [3.8, 4) is 5.75 Å². The van der Waals surface area contributed by atoms with Gasteiger partial charge in [0.2, 0.25) is 0 Å². The van der Waals surface area contributed by atoms with E-state index in [1.165, 1.54) is 12.1 Å². The largest absolute Gasteiger partial charge is 0.508 e. The van der Waals surface area contributed by atoms with Crippen molar-refractivity contribution in [1.82, 2.24) is 0 Å². The van der Waals surface area contributed by atoms with Gasteiger partial charge in [0.25, 0.3) is 0 Å². The van der Waals surface area contributed by atoms with Gasteiger partial charge in [0.1, 0.15) is 11.6 Å². The first-order valence-electron chi connectivity index (χ1n) is 5.78. The second-order valence-electron chi connectivity index (χ2n) is 4.39. The maximum atomic E-state index is 13.2. The lowest BCUT2D eigenvalue weighted by Crippen LogP contribution is -2.04. The first-order chi connectivity index (χ1) is 8.56. The molecule has 2 aromatic rings. The highest BCUT2D eigenvalue weighted by atomic mass is 19.1. The molecule has 2 nitrogen and oxygen atoms in total. The van der Waals surface area contributed by atoms with Crippen LogP contribution >= 0.6 is 0 Å². The number of halogens is 1. The molecule has 3 heteroatoms. The van der Waals surface area contributed by atoms with Crippen LogP contribution in [0.5, 0.6) is 5.75 Å². The van der Waals surface area contributed by atoms with E-state index in [4.69, 9.17) is 0 Å². The van der Waals surface area contributed by atoms with Gasteiger partial charge in [0.15, 0.2) is 0 Å². The molecule has 0 heterocycles. The highest BCUT2D eigenvalue weighted by Gasteiger charge is 2.12. The van der Waals surface area contributed by atoms with Crippen LogP contribution in [0.1, 0.15) is 22.8 Å². The van der Waals surface area contributed by atoms with Gasteiger partial charge < -0.3 is 10.2 Å². The van der Waals surface area contributed by atoms with E-state index in [2.05, 4.69) is 0 Å². The molecule has 2 N–H and O–H groups in total. The van der Waals surface area contributed by atoms with Crippen molar-refractivity contribution in [2.75, 3.05) is 0 Å². The molecule has 0 aromatic heterocycles. The van der Waals surface area contributed by atoms with Crippen LogP contribution in [-0.2, 0) is 6.42 Å². The van der Waals surface area contributed by atoms with Crippen molar-refractivity contribution in [1.29, 1.82) is 0 Å². The third-order valence-corrected chi connectivity index (χ3v) is 2.94. The molecule has 2 aromatic carbocycles. The summed E-state index contributed by atoms with van der Waals surface area (Å²) >= 11 is 0. The van der Waals surface area contributed by atoms with Crippen LogP contribution in [0.15, 0.2) is 42.5 Å². The normalized spacial score (nSPS) is 12.4. The lowest BCUT2D eigenvalue weighted by molar-refractivity contribution is 0.177. The minimum Gasteiger partial charge on any atom is -0.508 e. The Morgan fingerprint density at radius 2 is 1.94 bits per heavy atom. The van der Waals surface area contributed by atoms with E-state index in [1.54, 1.807) is 24.3 Å². The average molecular weight is 246 g/mol. The second-order valence-corrected chi connectivity index (χ2v) is 4.39. The highest BCUT2D eigenvalue weighted by molar-refractivity contribution is 5.32. The highest BCUT2D eigenvalue weighted by Crippen LogP contribution is 2.23. The first kappa shape index (κ1) is 12.6. The van der Waals surface area contributed by atoms with Crippen molar-refractivity contribution >= 4 is 0 Å². The summed E-state index contributed by atoms with van der Waals surface area (Å²) in [5.41, 5.74) is 2.24. The summed E-state index contributed by atoms with van der Waals surface area (Å²) in [5, 5.41) is 19.5. The molecule has 0 aliphatic heterocycles. The molecule has 0 radical (unpaired) electrons. The Bertz CT molecular complexity index is 552. The van der Waals surface area contributed by atoms with E-state index in [-0.39, 0.29) is 11.6 Å². The SMILES string of the molecule is Cc1ccc(F)cc1C(O)Cc1cccc(O)c1. The number of phenolic OH excluding ortho intramolecular Hbond substituents is 1. The summed E-state index contributed by atoms with van der Waals surface area (Å²) in [4.78, 5) is 0. The second kappa shape index (κ2) is 5.19. The molecule has 0 amide bonds.